The summed E-state index contributed by atoms with van der Waals surface area (Å²) in [6.07, 6.45) is 3.33. The number of thiazole rings is 1. The zero-order chi connectivity index (χ0) is 17.6. The van der Waals surface area contributed by atoms with Gasteiger partial charge in [-0.05, 0) is 42.3 Å². The van der Waals surface area contributed by atoms with Gasteiger partial charge in [0.2, 0.25) is 0 Å². The highest BCUT2D eigenvalue weighted by Gasteiger charge is 2.12. The molecule has 4 nitrogen and oxygen atoms in total. The monoisotopic (exact) mass is 350 g/mol. The molecule has 0 saturated carbocycles. The zero-order valence-corrected chi connectivity index (χ0v) is 14.9. The minimum absolute atomic E-state index is 0.0258. The molecular formula is C20H18N2O2S. The Balaban J connectivity index is 1.65. The summed E-state index contributed by atoms with van der Waals surface area (Å²) < 4.78 is 5.11. The highest BCUT2D eigenvalue weighted by atomic mass is 32.1. The molecule has 0 amide bonds. The largest absolute Gasteiger partial charge is 0.497 e. The third kappa shape index (κ3) is 4.19. The lowest BCUT2D eigenvalue weighted by atomic mass is 10.1. The Bertz CT molecular complexity index is 898. The molecule has 3 rings (SSSR count). The van der Waals surface area contributed by atoms with Crippen LogP contribution in [0.3, 0.4) is 0 Å². The minimum atomic E-state index is -0.0258. The maximum atomic E-state index is 12.3. The molecule has 0 aliphatic rings. The highest BCUT2D eigenvalue weighted by molar-refractivity contribution is 7.17. The number of benzene rings is 2. The molecule has 0 fully saturated rings. The van der Waals surface area contributed by atoms with Gasteiger partial charge in [0.05, 0.1) is 12.0 Å². The molecule has 5 heteroatoms. The van der Waals surface area contributed by atoms with E-state index >= 15 is 0 Å². The van der Waals surface area contributed by atoms with Crippen LogP contribution in [-0.2, 0) is 0 Å². The van der Waals surface area contributed by atoms with Crippen LogP contribution in [0.1, 0.15) is 20.8 Å². The van der Waals surface area contributed by atoms with Crippen molar-refractivity contribution in [3.8, 4) is 16.3 Å². The van der Waals surface area contributed by atoms with Gasteiger partial charge in [0.25, 0.3) is 0 Å². The van der Waals surface area contributed by atoms with Gasteiger partial charge >= 0.3 is 0 Å². The van der Waals surface area contributed by atoms with Gasteiger partial charge in [0.15, 0.2) is 5.78 Å². The van der Waals surface area contributed by atoms with Crippen LogP contribution in [0.15, 0.2) is 59.7 Å². The number of carbonyl (C=O) groups excluding carboxylic acids is 1. The number of ketones is 1. The molecule has 0 aliphatic heterocycles. The number of hydrogen-bond acceptors (Lipinski definition) is 5. The normalized spacial score (nSPS) is 11.0. The van der Waals surface area contributed by atoms with Crippen molar-refractivity contribution in [1.82, 2.24) is 4.98 Å². The van der Waals surface area contributed by atoms with E-state index in [4.69, 9.17) is 4.74 Å². The van der Waals surface area contributed by atoms with Gasteiger partial charge < -0.3 is 4.74 Å². The van der Waals surface area contributed by atoms with Crippen LogP contribution in [0.2, 0.25) is 0 Å². The maximum Gasteiger partial charge on any atom is 0.195 e. The molecule has 0 radical (unpaired) electrons. The molecule has 1 heterocycles. The van der Waals surface area contributed by atoms with Crippen molar-refractivity contribution < 1.29 is 9.53 Å². The van der Waals surface area contributed by atoms with Crippen LogP contribution in [0, 0.1) is 6.92 Å². The van der Waals surface area contributed by atoms with Crippen molar-refractivity contribution in [2.45, 2.75) is 6.92 Å². The first-order valence-corrected chi connectivity index (χ1v) is 8.68. The maximum absolute atomic E-state index is 12.3. The van der Waals surface area contributed by atoms with E-state index in [1.807, 2.05) is 55.5 Å². The number of rotatable bonds is 6. The summed E-state index contributed by atoms with van der Waals surface area (Å²) in [6.45, 7) is 2.15. The van der Waals surface area contributed by atoms with Crippen molar-refractivity contribution in [2.24, 2.45) is 4.99 Å². The molecule has 3 aromatic rings. The Morgan fingerprint density at radius 2 is 1.96 bits per heavy atom. The van der Waals surface area contributed by atoms with Crippen LogP contribution < -0.4 is 4.74 Å². The molecular weight excluding hydrogens is 332 g/mol. The van der Waals surface area contributed by atoms with Gasteiger partial charge in [-0.2, -0.15) is 0 Å². The Kier molecular flexibility index (Phi) is 5.36. The summed E-state index contributed by atoms with van der Waals surface area (Å²) >= 11 is 1.41. The number of ether oxygens (including phenoxy) is 1. The lowest BCUT2D eigenvalue weighted by Gasteiger charge is -2.00. The van der Waals surface area contributed by atoms with E-state index in [0.29, 0.717) is 4.88 Å². The van der Waals surface area contributed by atoms with Crippen LogP contribution in [-0.4, -0.2) is 30.6 Å². The third-order valence-electron chi connectivity index (χ3n) is 3.75. The lowest BCUT2D eigenvalue weighted by molar-refractivity contribution is 0.101. The molecule has 1 aromatic heterocycles. The molecule has 25 heavy (non-hydrogen) atoms. The summed E-state index contributed by atoms with van der Waals surface area (Å²) in [7, 11) is 1.63. The summed E-state index contributed by atoms with van der Waals surface area (Å²) in [5.74, 6) is 0.767. The molecule has 0 bridgehead atoms. The Morgan fingerprint density at radius 3 is 2.68 bits per heavy atom. The molecule has 126 valence electrons. The summed E-state index contributed by atoms with van der Waals surface area (Å²) in [5, 5.41) is 0.862. The van der Waals surface area contributed by atoms with Crippen LogP contribution >= 0.6 is 11.3 Å². The standard InChI is InChI=1S/C20H18N2O2S/c1-14-5-3-4-6-17(14)20-22-13-19(25-20)18(23)12-21-11-15-7-9-16(24-2)10-8-15/h3-11,13H,12H2,1-2H3. The van der Waals surface area contributed by atoms with Crippen molar-refractivity contribution >= 4 is 23.3 Å². The molecule has 0 atom stereocenters. The molecule has 0 saturated heterocycles. The Hall–Kier alpha value is -2.79. The fourth-order valence-corrected chi connectivity index (χ4v) is 3.28. The summed E-state index contributed by atoms with van der Waals surface area (Å²) in [6, 6.07) is 15.5. The average Bonchev–Trinajstić information content (AvgIpc) is 3.12. The first-order chi connectivity index (χ1) is 12.2. The number of carbonyl (C=O) groups is 1. The fraction of sp³-hybridized carbons (Fsp3) is 0.150. The van der Waals surface area contributed by atoms with Crippen molar-refractivity contribution in [1.29, 1.82) is 0 Å². The first kappa shape index (κ1) is 17.0. The summed E-state index contributed by atoms with van der Waals surface area (Å²) in [4.78, 5) is 21.6. The van der Waals surface area contributed by atoms with Gasteiger partial charge in [-0.3, -0.25) is 9.79 Å². The fourth-order valence-electron chi connectivity index (χ4n) is 2.34. The smallest absolute Gasteiger partial charge is 0.195 e. The van der Waals surface area contributed by atoms with E-state index in [0.717, 1.165) is 27.4 Å². The lowest BCUT2D eigenvalue weighted by Crippen LogP contribution is -2.01. The van der Waals surface area contributed by atoms with Crippen LogP contribution in [0.25, 0.3) is 10.6 Å². The van der Waals surface area contributed by atoms with Gasteiger partial charge in [-0.25, -0.2) is 4.98 Å². The van der Waals surface area contributed by atoms with Crippen molar-refractivity contribution in [3.63, 3.8) is 0 Å². The van der Waals surface area contributed by atoms with E-state index in [9.17, 15) is 4.79 Å². The van der Waals surface area contributed by atoms with E-state index in [-0.39, 0.29) is 12.3 Å². The molecule has 2 aromatic carbocycles. The van der Waals surface area contributed by atoms with Gasteiger partial charge in [-0.1, -0.05) is 24.3 Å². The molecule has 0 spiro atoms. The molecule has 0 unspecified atom stereocenters. The molecule has 0 aliphatic carbocycles. The minimum Gasteiger partial charge on any atom is -0.497 e. The number of methoxy groups -OCH3 is 1. The van der Waals surface area contributed by atoms with Gasteiger partial charge in [0.1, 0.15) is 17.3 Å². The quantitative estimate of drug-likeness (QED) is 0.488. The number of aliphatic imine (C=N–C) groups is 1. The number of hydrogen-bond donors (Lipinski definition) is 0. The zero-order valence-electron chi connectivity index (χ0n) is 14.1. The number of aryl methyl sites for hydroxylation is 1. The predicted molar refractivity (Wildman–Crippen MR) is 102 cm³/mol. The Morgan fingerprint density at radius 1 is 1.20 bits per heavy atom. The van der Waals surface area contributed by atoms with Crippen molar-refractivity contribution in [2.75, 3.05) is 13.7 Å². The number of aromatic nitrogens is 1. The van der Waals surface area contributed by atoms with E-state index in [2.05, 4.69) is 9.98 Å². The van der Waals surface area contributed by atoms with Gasteiger partial charge in [0, 0.05) is 18.0 Å². The van der Waals surface area contributed by atoms with Crippen LogP contribution in [0.4, 0.5) is 0 Å². The van der Waals surface area contributed by atoms with Crippen LogP contribution in [0.5, 0.6) is 5.75 Å². The second kappa shape index (κ2) is 7.85. The van der Waals surface area contributed by atoms with E-state index in [1.54, 1.807) is 19.5 Å². The summed E-state index contributed by atoms with van der Waals surface area (Å²) in [5.41, 5.74) is 3.14. The van der Waals surface area contributed by atoms with E-state index < -0.39 is 0 Å². The van der Waals surface area contributed by atoms with E-state index in [1.165, 1.54) is 11.3 Å². The number of nitrogens with zero attached hydrogens (tertiary/aromatic N) is 2. The number of Topliss-reactive ketones (excluding diaryl/α,β-unsaturated/α-hetero) is 1. The SMILES string of the molecule is COc1ccc(C=NCC(=O)c2cnc(-c3ccccc3C)s2)cc1. The average molecular weight is 350 g/mol. The first-order valence-electron chi connectivity index (χ1n) is 7.86. The van der Waals surface area contributed by atoms with Gasteiger partial charge in [-0.15, -0.1) is 11.3 Å². The highest BCUT2D eigenvalue weighted by Crippen LogP contribution is 2.27. The predicted octanol–water partition coefficient (Wildman–Crippen LogP) is 4.43. The topological polar surface area (TPSA) is 51.5 Å². The Labute approximate surface area is 150 Å². The molecule has 0 N–H and O–H groups in total. The second-order valence-electron chi connectivity index (χ2n) is 5.51. The third-order valence-corrected chi connectivity index (χ3v) is 4.82. The second-order valence-corrected chi connectivity index (χ2v) is 6.54. The van der Waals surface area contributed by atoms with Crippen molar-refractivity contribution in [3.05, 3.63) is 70.7 Å².